The van der Waals surface area contributed by atoms with Crippen molar-refractivity contribution in [2.75, 3.05) is 24.4 Å². The molecule has 1 heterocycles. The molecule has 2 aromatic carbocycles. The molecule has 32 heavy (non-hydrogen) atoms. The smallest absolute Gasteiger partial charge is 0.261 e. The lowest BCUT2D eigenvalue weighted by atomic mass is 9.96. The maximum Gasteiger partial charge on any atom is 0.261 e. The summed E-state index contributed by atoms with van der Waals surface area (Å²) in [4.78, 5) is 27.3. The number of amides is 2. The lowest BCUT2D eigenvalue weighted by Crippen LogP contribution is -2.45. The molecule has 7 nitrogen and oxygen atoms in total. The molecule has 0 saturated carbocycles. The summed E-state index contributed by atoms with van der Waals surface area (Å²) in [7, 11) is -3.69. The van der Waals surface area contributed by atoms with E-state index in [1.54, 1.807) is 47.4 Å². The zero-order chi connectivity index (χ0) is 23.1. The second-order valence-electron chi connectivity index (χ2n) is 8.56. The Balaban J connectivity index is 1.59. The van der Waals surface area contributed by atoms with Crippen LogP contribution in [0.15, 0.2) is 59.5 Å². The van der Waals surface area contributed by atoms with Crippen LogP contribution in [0.25, 0.3) is 0 Å². The van der Waals surface area contributed by atoms with Crippen LogP contribution in [0.2, 0.25) is 0 Å². The molecule has 2 aromatic rings. The van der Waals surface area contributed by atoms with Crippen LogP contribution in [-0.4, -0.2) is 44.8 Å². The highest BCUT2D eigenvalue weighted by Gasteiger charge is 2.28. The van der Waals surface area contributed by atoms with E-state index in [1.807, 2.05) is 0 Å². The SMILES string of the molecule is CC(C)CCNC(=O)[C@@H]1CCCN(C(=O)c2ccc(NS(=O)(=O)c3ccccc3)cc2)C1. The van der Waals surface area contributed by atoms with Gasteiger partial charge in [-0.15, -0.1) is 0 Å². The molecule has 1 aliphatic heterocycles. The molecular formula is C24H31N3O4S. The Morgan fingerprint density at radius 2 is 1.75 bits per heavy atom. The van der Waals surface area contributed by atoms with Gasteiger partial charge < -0.3 is 10.2 Å². The van der Waals surface area contributed by atoms with Crippen LogP contribution in [-0.2, 0) is 14.8 Å². The Kier molecular flexibility index (Phi) is 7.90. The first-order valence-corrected chi connectivity index (χ1v) is 12.5. The molecule has 2 amide bonds. The number of hydrogen-bond donors (Lipinski definition) is 2. The number of carbonyl (C=O) groups is 2. The summed E-state index contributed by atoms with van der Waals surface area (Å²) in [5.41, 5.74) is 0.847. The highest BCUT2D eigenvalue weighted by Crippen LogP contribution is 2.21. The standard InChI is InChI=1S/C24H31N3O4S/c1-18(2)14-15-25-23(28)20-7-6-16-27(17-20)24(29)19-10-12-21(13-11-19)26-32(30,31)22-8-4-3-5-9-22/h3-5,8-13,18,20,26H,6-7,14-17H2,1-2H3,(H,25,28)/t20-/m1/s1. The van der Waals surface area contributed by atoms with E-state index in [1.165, 1.54) is 12.1 Å². The van der Waals surface area contributed by atoms with Crippen LogP contribution in [0.1, 0.15) is 43.5 Å². The first-order valence-electron chi connectivity index (χ1n) is 11.0. The summed E-state index contributed by atoms with van der Waals surface area (Å²) in [5.74, 6) is 0.188. The highest BCUT2D eigenvalue weighted by molar-refractivity contribution is 7.92. The van der Waals surface area contributed by atoms with Gasteiger partial charge in [-0.1, -0.05) is 32.0 Å². The third-order valence-electron chi connectivity index (χ3n) is 5.54. The summed E-state index contributed by atoms with van der Waals surface area (Å²) in [6.07, 6.45) is 2.49. The molecule has 8 heteroatoms. The van der Waals surface area contributed by atoms with E-state index in [-0.39, 0.29) is 22.6 Å². The van der Waals surface area contributed by atoms with Crippen molar-refractivity contribution in [2.45, 2.75) is 38.0 Å². The van der Waals surface area contributed by atoms with Crippen molar-refractivity contribution in [3.63, 3.8) is 0 Å². The van der Waals surface area contributed by atoms with Crippen molar-refractivity contribution < 1.29 is 18.0 Å². The molecule has 0 spiro atoms. The van der Waals surface area contributed by atoms with E-state index < -0.39 is 10.0 Å². The Labute approximate surface area is 190 Å². The lowest BCUT2D eigenvalue weighted by molar-refractivity contribution is -0.126. The fraction of sp³-hybridized carbons (Fsp3) is 0.417. The highest BCUT2D eigenvalue weighted by atomic mass is 32.2. The van der Waals surface area contributed by atoms with E-state index in [2.05, 4.69) is 23.9 Å². The molecule has 1 aliphatic rings. The lowest BCUT2D eigenvalue weighted by Gasteiger charge is -2.32. The van der Waals surface area contributed by atoms with Crippen LogP contribution in [0.4, 0.5) is 5.69 Å². The van der Waals surface area contributed by atoms with E-state index in [4.69, 9.17) is 0 Å². The number of piperidine rings is 1. The normalized spacial score (nSPS) is 16.6. The third-order valence-corrected chi connectivity index (χ3v) is 6.94. The number of nitrogens with one attached hydrogen (secondary N) is 2. The number of likely N-dealkylation sites (tertiary alicyclic amines) is 1. The number of carbonyl (C=O) groups excluding carboxylic acids is 2. The van der Waals surface area contributed by atoms with Crippen LogP contribution < -0.4 is 10.0 Å². The van der Waals surface area contributed by atoms with Gasteiger partial charge in [0.25, 0.3) is 15.9 Å². The average Bonchev–Trinajstić information content (AvgIpc) is 2.79. The molecular weight excluding hydrogens is 426 g/mol. The van der Waals surface area contributed by atoms with E-state index >= 15 is 0 Å². The first kappa shape index (κ1) is 23.8. The molecule has 3 rings (SSSR count). The summed E-state index contributed by atoms with van der Waals surface area (Å²) in [6.45, 7) is 5.89. The summed E-state index contributed by atoms with van der Waals surface area (Å²) >= 11 is 0. The Hall–Kier alpha value is -2.87. The molecule has 1 fully saturated rings. The number of sulfonamides is 1. The first-order chi connectivity index (χ1) is 15.3. The Morgan fingerprint density at radius 1 is 1.06 bits per heavy atom. The van der Waals surface area contributed by atoms with Gasteiger partial charge >= 0.3 is 0 Å². The van der Waals surface area contributed by atoms with Gasteiger partial charge in [-0.25, -0.2) is 8.42 Å². The predicted molar refractivity (Wildman–Crippen MR) is 125 cm³/mol. The van der Waals surface area contributed by atoms with Gasteiger partial charge in [0.05, 0.1) is 10.8 Å². The molecule has 0 radical (unpaired) electrons. The Morgan fingerprint density at radius 3 is 2.41 bits per heavy atom. The molecule has 2 N–H and O–H groups in total. The van der Waals surface area contributed by atoms with E-state index in [0.717, 1.165) is 19.3 Å². The van der Waals surface area contributed by atoms with Crippen molar-refractivity contribution in [2.24, 2.45) is 11.8 Å². The molecule has 0 unspecified atom stereocenters. The van der Waals surface area contributed by atoms with Gasteiger partial charge in [-0.05, 0) is 61.6 Å². The second kappa shape index (κ2) is 10.6. The summed E-state index contributed by atoms with van der Waals surface area (Å²) in [5, 5.41) is 2.98. The number of anilines is 1. The Bertz CT molecular complexity index is 1020. The monoisotopic (exact) mass is 457 g/mol. The number of hydrogen-bond acceptors (Lipinski definition) is 4. The number of benzene rings is 2. The van der Waals surface area contributed by atoms with Gasteiger partial charge in [-0.2, -0.15) is 0 Å². The largest absolute Gasteiger partial charge is 0.356 e. The van der Waals surface area contributed by atoms with Crippen molar-refractivity contribution in [3.8, 4) is 0 Å². The average molecular weight is 458 g/mol. The molecule has 0 aliphatic carbocycles. The number of nitrogens with zero attached hydrogens (tertiary/aromatic N) is 1. The van der Waals surface area contributed by atoms with Crippen LogP contribution in [0.3, 0.4) is 0 Å². The van der Waals surface area contributed by atoms with Crippen LogP contribution in [0, 0.1) is 11.8 Å². The van der Waals surface area contributed by atoms with Gasteiger partial charge in [0.15, 0.2) is 0 Å². The summed E-state index contributed by atoms with van der Waals surface area (Å²) in [6, 6.07) is 14.5. The van der Waals surface area contributed by atoms with Crippen LogP contribution in [0.5, 0.6) is 0 Å². The zero-order valence-corrected chi connectivity index (χ0v) is 19.4. The molecule has 172 valence electrons. The van der Waals surface area contributed by atoms with Crippen molar-refractivity contribution in [1.82, 2.24) is 10.2 Å². The second-order valence-corrected chi connectivity index (χ2v) is 10.2. The fourth-order valence-corrected chi connectivity index (χ4v) is 4.76. The van der Waals surface area contributed by atoms with Crippen molar-refractivity contribution >= 4 is 27.5 Å². The molecule has 1 saturated heterocycles. The molecule has 1 atom stereocenters. The van der Waals surface area contributed by atoms with Crippen molar-refractivity contribution in [1.29, 1.82) is 0 Å². The van der Waals surface area contributed by atoms with Gasteiger partial charge in [0.1, 0.15) is 0 Å². The fourth-order valence-electron chi connectivity index (χ4n) is 3.68. The van der Waals surface area contributed by atoms with Gasteiger partial charge in [0, 0.05) is 30.9 Å². The van der Waals surface area contributed by atoms with E-state index in [0.29, 0.717) is 36.8 Å². The maximum absolute atomic E-state index is 12.9. The predicted octanol–water partition coefficient (Wildman–Crippen LogP) is 3.50. The summed E-state index contributed by atoms with van der Waals surface area (Å²) < 4.78 is 27.4. The third kappa shape index (κ3) is 6.32. The minimum Gasteiger partial charge on any atom is -0.356 e. The maximum atomic E-state index is 12.9. The van der Waals surface area contributed by atoms with Gasteiger partial charge in [-0.3, -0.25) is 14.3 Å². The van der Waals surface area contributed by atoms with E-state index in [9.17, 15) is 18.0 Å². The van der Waals surface area contributed by atoms with Crippen molar-refractivity contribution in [3.05, 3.63) is 60.2 Å². The molecule has 0 bridgehead atoms. The minimum atomic E-state index is -3.69. The van der Waals surface area contributed by atoms with Crippen LogP contribution >= 0.6 is 0 Å². The zero-order valence-electron chi connectivity index (χ0n) is 18.6. The quantitative estimate of drug-likeness (QED) is 0.634. The molecule has 0 aromatic heterocycles. The minimum absolute atomic E-state index is 0.00816. The number of rotatable bonds is 8. The topological polar surface area (TPSA) is 95.6 Å². The van der Waals surface area contributed by atoms with Gasteiger partial charge in [0.2, 0.25) is 5.91 Å².